The van der Waals surface area contributed by atoms with Crippen molar-refractivity contribution in [2.45, 2.75) is 0 Å². The second kappa shape index (κ2) is 6.16. The quantitative estimate of drug-likeness (QED) is 0.502. The van der Waals surface area contributed by atoms with Crippen LogP contribution in [-0.4, -0.2) is 6.16 Å². The van der Waals surface area contributed by atoms with Gasteiger partial charge in [0.25, 0.3) is 0 Å². The van der Waals surface area contributed by atoms with E-state index in [1.54, 1.807) is 0 Å². The van der Waals surface area contributed by atoms with E-state index in [1.807, 2.05) is 18.2 Å². The van der Waals surface area contributed by atoms with Crippen molar-refractivity contribution in [3.8, 4) is 6.07 Å². The van der Waals surface area contributed by atoms with Crippen LogP contribution >= 0.6 is 8.58 Å². The smallest absolute Gasteiger partial charge is 0.145 e. The summed E-state index contributed by atoms with van der Waals surface area (Å²) in [7, 11) is 0.185. The van der Waals surface area contributed by atoms with Gasteiger partial charge >= 0.3 is 0 Å². The molecule has 0 spiro atoms. The minimum absolute atomic E-state index is 0. The zero-order chi connectivity index (χ0) is 7.23. The number of rotatable bonds is 2. The molecule has 0 aliphatic carbocycles. The molecule has 1 rings (SSSR count). The van der Waals surface area contributed by atoms with Crippen LogP contribution in [0.25, 0.3) is 0 Å². The molecule has 0 aromatic heterocycles. The third-order valence-corrected chi connectivity index (χ3v) is 2.47. The molecule has 1 aromatic rings. The first-order valence-electron chi connectivity index (χ1n) is 3.18. The van der Waals surface area contributed by atoms with Crippen LogP contribution in [0.3, 0.4) is 0 Å². The third-order valence-electron chi connectivity index (χ3n) is 1.23. The Bertz CT molecular complexity index is 230. The molecular weight excluding hydrogens is 177 g/mol. The van der Waals surface area contributed by atoms with Gasteiger partial charge in [-0.15, -0.1) is 0 Å². The van der Waals surface area contributed by atoms with Crippen molar-refractivity contribution in [2.24, 2.45) is 0 Å². The molecule has 0 bridgehead atoms. The largest absolute Gasteiger partial charge is 1.00 e. The van der Waals surface area contributed by atoms with Gasteiger partial charge in [0.1, 0.15) is 12.2 Å². The molecule has 0 saturated carbocycles. The van der Waals surface area contributed by atoms with E-state index in [0.717, 1.165) is 0 Å². The zero-order valence-corrected chi connectivity index (χ0v) is 7.91. The number of halogens is 1. The molecule has 1 atom stereocenters. The Kier molecular flexibility index (Phi) is 5.84. The van der Waals surface area contributed by atoms with Crippen LogP contribution in [0.4, 0.5) is 0 Å². The molecule has 1 aromatic carbocycles. The molecule has 0 fully saturated rings. The highest BCUT2D eigenvalue weighted by molar-refractivity contribution is 7.47. The Balaban J connectivity index is 0.000001000. The fraction of sp³-hybridized carbons (Fsp3) is 0.125. The highest BCUT2D eigenvalue weighted by Gasteiger charge is 1.94. The van der Waals surface area contributed by atoms with Gasteiger partial charge in [0.05, 0.1) is 5.30 Å². The lowest BCUT2D eigenvalue weighted by Gasteiger charge is -1.85. The van der Waals surface area contributed by atoms with Crippen molar-refractivity contribution in [1.82, 2.24) is 0 Å². The second-order valence-electron chi connectivity index (χ2n) is 1.98. The Morgan fingerprint density at radius 1 is 1.27 bits per heavy atom. The summed E-state index contributed by atoms with van der Waals surface area (Å²) in [6.45, 7) is 0. The fourth-order valence-electron chi connectivity index (χ4n) is 0.753. The van der Waals surface area contributed by atoms with E-state index in [1.165, 1.54) is 5.30 Å². The summed E-state index contributed by atoms with van der Waals surface area (Å²) >= 11 is 0. The van der Waals surface area contributed by atoms with Crippen LogP contribution in [0, 0.1) is 11.3 Å². The third kappa shape index (κ3) is 3.98. The van der Waals surface area contributed by atoms with Gasteiger partial charge < -0.3 is 12.4 Å². The lowest BCUT2D eigenvalue weighted by molar-refractivity contribution is -0.00000219. The minimum atomic E-state index is 0. The molecule has 0 amide bonds. The molecule has 0 radical (unpaired) electrons. The van der Waals surface area contributed by atoms with E-state index >= 15 is 0 Å². The number of benzene rings is 1. The lowest BCUT2D eigenvalue weighted by atomic mass is 10.4. The average molecular weight is 186 g/mol. The standard InChI is InChI=1S/C8H8NP.ClH/c9-6-7-10-8-4-2-1-3-5-8;/h1-5,10H,7H2;1H. The van der Waals surface area contributed by atoms with E-state index < -0.39 is 0 Å². The first-order chi connectivity index (χ1) is 4.93. The highest BCUT2D eigenvalue weighted by atomic mass is 35.5. The van der Waals surface area contributed by atoms with E-state index in [0.29, 0.717) is 6.16 Å². The van der Waals surface area contributed by atoms with Gasteiger partial charge in [-0.05, 0) is 12.1 Å². The van der Waals surface area contributed by atoms with Crippen LogP contribution in [0.1, 0.15) is 0 Å². The summed E-state index contributed by atoms with van der Waals surface area (Å²) in [6.07, 6.45) is 0.698. The maximum Gasteiger partial charge on any atom is 0.145 e. The summed E-state index contributed by atoms with van der Waals surface area (Å²) in [6, 6.07) is 12.3. The first-order valence-corrected chi connectivity index (χ1v) is 4.58. The predicted molar refractivity (Wildman–Crippen MR) is 46.3 cm³/mol. The Hall–Kier alpha value is -0.570. The molecule has 0 N–H and O–H groups in total. The highest BCUT2D eigenvalue weighted by Crippen LogP contribution is 2.06. The molecule has 1 unspecified atom stereocenters. The fourth-order valence-corrected chi connectivity index (χ4v) is 1.57. The number of nitrogens with zero attached hydrogens (tertiary/aromatic N) is 1. The maximum atomic E-state index is 8.30. The monoisotopic (exact) mass is 185 g/mol. The molecule has 3 heteroatoms. The Morgan fingerprint density at radius 2 is 1.91 bits per heavy atom. The minimum Gasteiger partial charge on any atom is -1.00 e. The zero-order valence-electron chi connectivity index (χ0n) is 6.00. The van der Waals surface area contributed by atoms with Gasteiger partial charge in [-0.3, -0.25) is 0 Å². The van der Waals surface area contributed by atoms with Gasteiger partial charge in [-0.25, -0.2) is 0 Å². The Morgan fingerprint density at radius 3 is 2.45 bits per heavy atom. The average Bonchev–Trinajstić information content (AvgIpc) is 2.03. The van der Waals surface area contributed by atoms with E-state index in [9.17, 15) is 0 Å². The maximum absolute atomic E-state index is 8.30. The summed E-state index contributed by atoms with van der Waals surface area (Å²) in [5.41, 5.74) is 0. The SMILES string of the molecule is N#CC[PH2+]c1ccccc1.[Cl-]. The lowest BCUT2D eigenvalue weighted by Crippen LogP contribution is -3.00. The molecule has 11 heavy (non-hydrogen) atoms. The second-order valence-corrected chi connectivity index (χ2v) is 3.46. The van der Waals surface area contributed by atoms with E-state index in [-0.39, 0.29) is 21.0 Å². The van der Waals surface area contributed by atoms with Crippen LogP contribution in [0.2, 0.25) is 0 Å². The van der Waals surface area contributed by atoms with Crippen LogP contribution < -0.4 is 17.7 Å². The normalized spacial score (nSPS) is 9.00. The summed E-state index contributed by atoms with van der Waals surface area (Å²) in [4.78, 5) is 0. The van der Waals surface area contributed by atoms with E-state index in [2.05, 4.69) is 18.2 Å². The molecule has 0 saturated heterocycles. The predicted octanol–water partition coefficient (Wildman–Crippen LogP) is -1.75. The first kappa shape index (κ1) is 10.4. The summed E-state index contributed by atoms with van der Waals surface area (Å²) in [5.74, 6) is 0. The topological polar surface area (TPSA) is 23.8 Å². The van der Waals surface area contributed by atoms with Crippen LogP contribution in [0.5, 0.6) is 0 Å². The van der Waals surface area contributed by atoms with Crippen molar-refractivity contribution < 1.29 is 12.4 Å². The van der Waals surface area contributed by atoms with Gasteiger partial charge in [0.15, 0.2) is 0 Å². The van der Waals surface area contributed by atoms with Gasteiger partial charge in [0, 0.05) is 8.58 Å². The molecule has 0 aliphatic rings. The number of hydrogen-bond acceptors (Lipinski definition) is 1. The van der Waals surface area contributed by atoms with E-state index in [4.69, 9.17) is 5.26 Å². The number of nitriles is 1. The van der Waals surface area contributed by atoms with Gasteiger partial charge in [-0.1, -0.05) is 18.2 Å². The van der Waals surface area contributed by atoms with Crippen molar-refractivity contribution in [3.05, 3.63) is 30.3 Å². The molecule has 58 valence electrons. The van der Waals surface area contributed by atoms with Crippen molar-refractivity contribution >= 4 is 13.9 Å². The summed E-state index contributed by atoms with van der Waals surface area (Å²) in [5, 5.41) is 9.62. The van der Waals surface area contributed by atoms with Gasteiger partial charge in [0.2, 0.25) is 0 Å². The van der Waals surface area contributed by atoms with Crippen molar-refractivity contribution in [1.29, 1.82) is 5.26 Å². The summed E-state index contributed by atoms with van der Waals surface area (Å²) < 4.78 is 0. The Labute approximate surface area is 74.6 Å². The van der Waals surface area contributed by atoms with Crippen molar-refractivity contribution in [2.75, 3.05) is 6.16 Å². The molecular formula is C8H9ClNP. The number of hydrogen-bond donors (Lipinski definition) is 0. The van der Waals surface area contributed by atoms with Crippen LogP contribution in [0.15, 0.2) is 30.3 Å². The molecule has 0 aliphatic heterocycles. The van der Waals surface area contributed by atoms with Crippen molar-refractivity contribution in [3.63, 3.8) is 0 Å². The van der Waals surface area contributed by atoms with Crippen LogP contribution in [-0.2, 0) is 0 Å². The molecule has 0 heterocycles. The molecule has 1 nitrogen and oxygen atoms in total. The van der Waals surface area contributed by atoms with Gasteiger partial charge in [-0.2, -0.15) is 5.26 Å².